The molecule has 2 rings (SSSR count). The molecular weight excluding hydrogens is 396 g/mol. The zero-order chi connectivity index (χ0) is 21.4. The summed E-state index contributed by atoms with van der Waals surface area (Å²) in [7, 11) is 0. The second kappa shape index (κ2) is 10.5. The van der Waals surface area contributed by atoms with Crippen molar-refractivity contribution in [2.75, 3.05) is 13.2 Å². The summed E-state index contributed by atoms with van der Waals surface area (Å²) in [4.78, 5) is 22.9. The number of aliphatic carboxylic acids is 1. The molecule has 0 radical (unpaired) electrons. The predicted molar refractivity (Wildman–Crippen MR) is 111 cm³/mol. The third-order valence-corrected chi connectivity index (χ3v) is 4.20. The van der Waals surface area contributed by atoms with E-state index in [0.717, 1.165) is 16.7 Å². The number of nitrogens with zero attached hydrogens (tertiary/aromatic N) is 1. The number of hydrazone groups is 1. The van der Waals surface area contributed by atoms with E-state index in [1.807, 2.05) is 32.0 Å². The molecule has 1 amide bonds. The quantitative estimate of drug-likeness (QED) is 0.479. The molecule has 7 nitrogen and oxygen atoms in total. The average molecular weight is 419 g/mol. The van der Waals surface area contributed by atoms with Crippen molar-refractivity contribution in [2.45, 2.75) is 27.2 Å². The molecular formula is C21H23ClN2O5. The summed E-state index contributed by atoms with van der Waals surface area (Å²) < 4.78 is 10.7. The SMILES string of the molecule is CCOc1cc(/C=N/NC(=O)Cc2ccc(C)cc2C)cc(Cl)c1OCC(=O)O. The Balaban J connectivity index is 2.07. The highest BCUT2D eigenvalue weighted by Crippen LogP contribution is 2.36. The number of nitrogens with one attached hydrogen (secondary N) is 1. The van der Waals surface area contributed by atoms with Crippen molar-refractivity contribution in [3.05, 3.63) is 57.6 Å². The van der Waals surface area contributed by atoms with Crippen LogP contribution in [0, 0.1) is 13.8 Å². The van der Waals surface area contributed by atoms with Crippen LogP contribution in [0.15, 0.2) is 35.4 Å². The number of ether oxygens (including phenoxy) is 2. The van der Waals surface area contributed by atoms with Gasteiger partial charge in [0.05, 0.1) is 24.3 Å². The largest absolute Gasteiger partial charge is 0.490 e. The molecule has 0 aromatic heterocycles. The molecule has 2 N–H and O–H groups in total. The smallest absolute Gasteiger partial charge is 0.341 e. The maximum absolute atomic E-state index is 12.1. The molecule has 0 aliphatic rings. The Morgan fingerprint density at radius 2 is 1.97 bits per heavy atom. The van der Waals surface area contributed by atoms with Gasteiger partial charge in [-0.05, 0) is 49.6 Å². The van der Waals surface area contributed by atoms with Crippen LogP contribution < -0.4 is 14.9 Å². The Hall–Kier alpha value is -3.06. The van der Waals surface area contributed by atoms with Gasteiger partial charge in [0, 0.05) is 0 Å². The summed E-state index contributed by atoms with van der Waals surface area (Å²) in [5.41, 5.74) is 6.17. The molecule has 0 heterocycles. The van der Waals surface area contributed by atoms with Gasteiger partial charge in [-0.1, -0.05) is 35.4 Å². The molecule has 0 saturated heterocycles. The van der Waals surface area contributed by atoms with Crippen molar-refractivity contribution in [1.82, 2.24) is 5.43 Å². The number of aryl methyl sites for hydroxylation is 2. The molecule has 0 aliphatic heterocycles. The number of hydrogen-bond acceptors (Lipinski definition) is 5. The van der Waals surface area contributed by atoms with E-state index in [0.29, 0.717) is 17.9 Å². The lowest BCUT2D eigenvalue weighted by molar-refractivity contribution is -0.139. The third kappa shape index (κ3) is 6.80. The minimum atomic E-state index is -1.12. The standard InChI is InChI=1S/C21H23ClN2O5/c1-4-28-18-9-15(8-17(22)21(18)29-12-20(26)27)11-23-24-19(25)10-16-6-5-13(2)7-14(16)3/h5-9,11H,4,10,12H2,1-3H3,(H,24,25)(H,26,27)/b23-11+. The number of carboxylic acid groups (broad SMARTS) is 1. The van der Waals surface area contributed by atoms with Crippen LogP contribution in [0.2, 0.25) is 5.02 Å². The number of halogens is 1. The molecule has 0 fully saturated rings. The summed E-state index contributed by atoms with van der Waals surface area (Å²) in [6.07, 6.45) is 1.64. The van der Waals surface area contributed by atoms with Crippen molar-refractivity contribution < 1.29 is 24.2 Å². The van der Waals surface area contributed by atoms with E-state index >= 15 is 0 Å². The zero-order valence-corrected chi connectivity index (χ0v) is 17.2. The fraction of sp³-hybridized carbons (Fsp3) is 0.286. The zero-order valence-electron chi connectivity index (χ0n) is 16.5. The number of carbonyl (C=O) groups excluding carboxylic acids is 1. The van der Waals surface area contributed by atoms with Gasteiger partial charge in [0.15, 0.2) is 18.1 Å². The number of amides is 1. The van der Waals surface area contributed by atoms with Gasteiger partial charge in [0.1, 0.15) is 0 Å². The Morgan fingerprint density at radius 3 is 2.62 bits per heavy atom. The molecule has 0 spiro atoms. The van der Waals surface area contributed by atoms with Gasteiger partial charge in [-0.2, -0.15) is 5.10 Å². The second-order valence-electron chi connectivity index (χ2n) is 6.35. The molecule has 0 bridgehead atoms. The van der Waals surface area contributed by atoms with E-state index in [2.05, 4.69) is 10.5 Å². The first-order valence-electron chi connectivity index (χ1n) is 8.99. The van der Waals surface area contributed by atoms with Crippen LogP contribution >= 0.6 is 11.6 Å². The highest BCUT2D eigenvalue weighted by atomic mass is 35.5. The summed E-state index contributed by atoms with van der Waals surface area (Å²) >= 11 is 6.19. The van der Waals surface area contributed by atoms with Crippen molar-refractivity contribution in [1.29, 1.82) is 0 Å². The third-order valence-electron chi connectivity index (χ3n) is 3.92. The molecule has 29 heavy (non-hydrogen) atoms. The number of benzene rings is 2. The molecule has 0 atom stereocenters. The fourth-order valence-corrected chi connectivity index (χ4v) is 2.91. The van der Waals surface area contributed by atoms with Crippen LogP contribution in [0.4, 0.5) is 0 Å². The van der Waals surface area contributed by atoms with Gasteiger partial charge < -0.3 is 14.6 Å². The lowest BCUT2D eigenvalue weighted by Gasteiger charge is -2.13. The van der Waals surface area contributed by atoms with E-state index in [1.54, 1.807) is 19.1 Å². The summed E-state index contributed by atoms with van der Waals surface area (Å²) in [5, 5.41) is 12.9. The van der Waals surface area contributed by atoms with Crippen molar-refractivity contribution in [2.24, 2.45) is 5.10 Å². The lowest BCUT2D eigenvalue weighted by atomic mass is 10.0. The van der Waals surface area contributed by atoms with Crippen molar-refractivity contribution in [3.8, 4) is 11.5 Å². The van der Waals surface area contributed by atoms with E-state index in [4.69, 9.17) is 26.2 Å². The molecule has 0 unspecified atom stereocenters. The van der Waals surface area contributed by atoms with E-state index < -0.39 is 12.6 Å². The van der Waals surface area contributed by atoms with Gasteiger partial charge >= 0.3 is 5.97 Å². The highest BCUT2D eigenvalue weighted by molar-refractivity contribution is 6.32. The number of hydrogen-bond donors (Lipinski definition) is 2. The number of rotatable bonds is 9. The first kappa shape index (κ1) is 22.2. The summed E-state index contributed by atoms with van der Waals surface area (Å²) in [6.45, 7) is 5.54. The van der Waals surface area contributed by atoms with Crippen LogP contribution in [-0.4, -0.2) is 36.4 Å². The molecule has 0 aliphatic carbocycles. The number of carboxylic acids is 1. The first-order chi connectivity index (χ1) is 13.8. The van der Waals surface area contributed by atoms with Gasteiger partial charge in [-0.25, -0.2) is 10.2 Å². The minimum absolute atomic E-state index is 0.145. The molecule has 0 saturated carbocycles. The van der Waals surface area contributed by atoms with Gasteiger partial charge in [0.2, 0.25) is 5.91 Å². The predicted octanol–water partition coefficient (Wildman–Crippen LogP) is 3.51. The lowest BCUT2D eigenvalue weighted by Crippen LogP contribution is -2.20. The molecule has 154 valence electrons. The van der Waals surface area contributed by atoms with E-state index in [-0.39, 0.29) is 23.1 Å². The average Bonchev–Trinajstić information content (AvgIpc) is 2.63. The van der Waals surface area contributed by atoms with E-state index in [9.17, 15) is 9.59 Å². The van der Waals surface area contributed by atoms with Crippen LogP contribution in [0.25, 0.3) is 0 Å². The maximum atomic E-state index is 12.1. The van der Waals surface area contributed by atoms with Crippen LogP contribution in [0.1, 0.15) is 29.2 Å². The van der Waals surface area contributed by atoms with Crippen LogP contribution in [0.5, 0.6) is 11.5 Å². The van der Waals surface area contributed by atoms with Crippen LogP contribution in [-0.2, 0) is 16.0 Å². The Kier molecular flexibility index (Phi) is 8.03. The normalized spacial score (nSPS) is 10.8. The van der Waals surface area contributed by atoms with Crippen LogP contribution in [0.3, 0.4) is 0 Å². The Morgan fingerprint density at radius 1 is 1.21 bits per heavy atom. The summed E-state index contributed by atoms with van der Waals surface area (Å²) in [5.74, 6) is -0.928. The summed E-state index contributed by atoms with van der Waals surface area (Å²) in [6, 6.07) is 9.06. The minimum Gasteiger partial charge on any atom is -0.490 e. The van der Waals surface area contributed by atoms with Crippen molar-refractivity contribution in [3.63, 3.8) is 0 Å². The van der Waals surface area contributed by atoms with Crippen molar-refractivity contribution >= 4 is 29.7 Å². The fourth-order valence-electron chi connectivity index (χ4n) is 2.63. The number of carbonyl (C=O) groups is 2. The molecule has 2 aromatic carbocycles. The first-order valence-corrected chi connectivity index (χ1v) is 9.37. The molecule has 2 aromatic rings. The Bertz CT molecular complexity index is 928. The molecule has 8 heteroatoms. The Labute approximate surface area is 174 Å². The van der Waals surface area contributed by atoms with Gasteiger partial charge in [-0.3, -0.25) is 4.79 Å². The second-order valence-corrected chi connectivity index (χ2v) is 6.75. The maximum Gasteiger partial charge on any atom is 0.341 e. The van der Waals surface area contributed by atoms with Gasteiger partial charge in [0.25, 0.3) is 0 Å². The van der Waals surface area contributed by atoms with E-state index in [1.165, 1.54) is 6.21 Å². The highest BCUT2D eigenvalue weighted by Gasteiger charge is 2.14. The topological polar surface area (TPSA) is 97.2 Å². The van der Waals surface area contributed by atoms with Gasteiger partial charge in [-0.15, -0.1) is 0 Å². The monoisotopic (exact) mass is 418 g/mol.